The van der Waals surface area contributed by atoms with Crippen LogP contribution in [0.5, 0.6) is 0 Å². The molecule has 0 atom stereocenters. The van der Waals surface area contributed by atoms with Crippen LogP contribution in [0.4, 0.5) is 0 Å². The van der Waals surface area contributed by atoms with Crippen LogP contribution in [0.3, 0.4) is 0 Å². The molecule has 2 nitrogen and oxygen atoms in total. The van der Waals surface area contributed by atoms with Crippen molar-refractivity contribution in [1.29, 1.82) is 0 Å². The molecule has 0 saturated heterocycles. The summed E-state index contributed by atoms with van der Waals surface area (Å²) in [4.78, 5) is 13.8. The van der Waals surface area contributed by atoms with Gasteiger partial charge in [-0.25, -0.2) is 0 Å². The number of Topliss-reactive ketones (excluding diaryl/α,β-unsaturated/α-hetero) is 1. The first-order chi connectivity index (χ1) is 10.2. The molecule has 0 aliphatic heterocycles. The molecule has 1 aromatic carbocycles. The van der Waals surface area contributed by atoms with Gasteiger partial charge in [0.1, 0.15) is 0 Å². The zero-order valence-electron chi connectivity index (χ0n) is 13.4. The van der Waals surface area contributed by atoms with E-state index < -0.39 is 0 Å². The fourth-order valence-corrected chi connectivity index (χ4v) is 2.19. The van der Waals surface area contributed by atoms with Crippen molar-refractivity contribution >= 4 is 5.78 Å². The number of carbonyl (C=O) groups is 1. The normalized spacial score (nSPS) is 9.81. The second-order valence-corrected chi connectivity index (χ2v) is 5.59. The third-order valence-electron chi connectivity index (χ3n) is 3.35. The monoisotopic (exact) mass is 285 g/mol. The number of unbranched alkanes of at least 4 members (excludes halogenated alkanes) is 6. The van der Waals surface area contributed by atoms with E-state index >= 15 is 0 Å². The highest BCUT2D eigenvalue weighted by Gasteiger charge is 2.03. The lowest BCUT2D eigenvalue weighted by molar-refractivity contribution is 0.0979. The zero-order chi connectivity index (χ0) is 15.3. The van der Waals surface area contributed by atoms with Crippen molar-refractivity contribution in [2.45, 2.75) is 51.4 Å². The van der Waals surface area contributed by atoms with E-state index in [-0.39, 0.29) is 5.78 Å². The second-order valence-electron chi connectivity index (χ2n) is 5.59. The summed E-state index contributed by atoms with van der Waals surface area (Å²) < 4.78 is 0. The third-order valence-corrected chi connectivity index (χ3v) is 3.35. The van der Waals surface area contributed by atoms with E-state index in [1.54, 1.807) is 0 Å². The van der Waals surface area contributed by atoms with Crippen LogP contribution in [0, 0.1) is 12.0 Å². The Morgan fingerprint density at radius 1 is 0.952 bits per heavy atom. The van der Waals surface area contributed by atoms with Crippen molar-refractivity contribution in [3.8, 4) is 12.0 Å². The molecule has 0 aliphatic rings. The Morgan fingerprint density at radius 3 is 2.24 bits per heavy atom. The van der Waals surface area contributed by atoms with Crippen LogP contribution in [-0.4, -0.2) is 24.8 Å². The minimum atomic E-state index is 0.273. The summed E-state index contributed by atoms with van der Waals surface area (Å²) in [6.07, 6.45) is 8.74. The van der Waals surface area contributed by atoms with E-state index in [9.17, 15) is 4.79 Å². The number of carbonyl (C=O) groups excluding carboxylic acids is 1. The SMILES string of the molecule is CN(C)C#CCCCCCCCCC(=O)c1ccccc1. The second kappa shape index (κ2) is 11.0. The summed E-state index contributed by atoms with van der Waals surface area (Å²) >= 11 is 0. The van der Waals surface area contributed by atoms with Gasteiger partial charge >= 0.3 is 0 Å². The first-order valence-corrected chi connectivity index (χ1v) is 7.94. The predicted octanol–water partition coefficient (Wildman–Crippen LogP) is 4.51. The molecule has 2 heteroatoms. The molecule has 0 bridgehead atoms. The van der Waals surface area contributed by atoms with Crippen LogP contribution in [0.1, 0.15) is 61.7 Å². The molecule has 21 heavy (non-hydrogen) atoms. The summed E-state index contributed by atoms with van der Waals surface area (Å²) in [5.74, 6) is 3.42. The molecule has 114 valence electrons. The number of benzene rings is 1. The minimum absolute atomic E-state index is 0.273. The Bertz CT molecular complexity index is 453. The number of rotatable bonds is 9. The van der Waals surface area contributed by atoms with Crippen molar-refractivity contribution in [3.63, 3.8) is 0 Å². The zero-order valence-corrected chi connectivity index (χ0v) is 13.4. The molecule has 1 rings (SSSR count). The van der Waals surface area contributed by atoms with Crippen molar-refractivity contribution in [2.75, 3.05) is 14.1 Å². The largest absolute Gasteiger partial charge is 0.339 e. The third kappa shape index (κ3) is 8.92. The van der Waals surface area contributed by atoms with Gasteiger partial charge in [0.05, 0.1) is 0 Å². The van der Waals surface area contributed by atoms with E-state index in [0.717, 1.165) is 24.8 Å². The van der Waals surface area contributed by atoms with Gasteiger partial charge in [-0.15, -0.1) is 0 Å². The van der Waals surface area contributed by atoms with Crippen LogP contribution < -0.4 is 0 Å². The lowest BCUT2D eigenvalue weighted by Gasteiger charge is -2.02. The van der Waals surface area contributed by atoms with E-state index in [0.29, 0.717) is 6.42 Å². The van der Waals surface area contributed by atoms with E-state index in [1.807, 2.05) is 49.3 Å². The topological polar surface area (TPSA) is 20.3 Å². The maximum atomic E-state index is 11.9. The summed E-state index contributed by atoms with van der Waals surface area (Å²) in [6, 6.07) is 12.6. The van der Waals surface area contributed by atoms with Gasteiger partial charge in [0.25, 0.3) is 0 Å². The molecule has 0 fully saturated rings. The van der Waals surface area contributed by atoms with Gasteiger partial charge in [0.2, 0.25) is 0 Å². The van der Waals surface area contributed by atoms with E-state index in [4.69, 9.17) is 0 Å². The highest BCUT2D eigenvalue weighted by atomic mass is 16.1. The standard InChI is InChI=1S/C19H27NO/c1-20(2)17-13-8-6-4-3-5-7-12-16-19(21)18-14-10-9-11-15-18/h9-11,14-15H,3-8,12,16H2,1-2H3. The van der Waals surface area contributed by atoms with Crippen LogP contribution in [0.2, 0.25) is 0 Å². The fraction of sp³-hybridized carbons (Fsp3) is 0.526. The Kier molecular flexibility index (Phi) is 9.04. The lowest BCUT2D eigenvalue weighted by Crippen LogP contribution is -2.00. The number of hydrogen-bond acceptors (Lipinski definition) is 2. The first-order valence-electron chi connectivity index (χ1n) is 7.94. The molecule has 0 spiro atoms. The molecule has 0 aliphatic carbocycles. The minimum Gasteiger partial charge on any atom is -0.339 e. The number of nitrogens with zero attached hydrogens (tertiary/aromatic N) is 1. The van der Waals surface area contributed by atoms with Crippen molar-refractivity contribution in [3.05, 3.63) is 35.9 Å². The predicted molar refractivity (Wildman–Crippen MR) is 89.2 cm³/mol. The molecule has 0 saturated carbocycles. The maximum Gasteiger partial charge on any atom is 0.162 e. The fourth-order valence-electron chi connectivity index (χ4n) is 2.19. The van der Waals surface area contributed by atoms with E-state index in [1.165, 1.54) is 25.7 Å². The van der Waals surface area contributed by atoms with Crippen LogP contribution >= 0.6 is 0 Å². The Labute approximate surface area is 129 Å². The van der Waals surface area contributed by atoms with Gasteiger partial charge in [0, 0.05) is 38.5 Å². The van der Waals surface area contributed by atoms with E-state index in [2.05, 4.69) is 12.0 Å². The average Bonchev–Trinajstić information content (AvgIpc) is 2.49. The molecule has 0 heterocycles. The van der Waals surface area contributed by atoms with Gasteiger partial charge in [-0.2, -0.15) is 0 Å². The average molecular weight is 285 g/mol. The Hall–Kier alpha value is -1.75. The van der Waals surface area contributed by atoms with Crippen molar-refractivity contribution < 1.29 is 4.79 Å². The van der Waals surface area contributed by atoms with Crippen LogP contribution in [0.15, 0.2) is 30.3 Å². The Balaban J connectivity index is 1.96. The highest BCUT2D eigenvalue weighted by Crippen LogP contribution is 2.11. The maximum absolute atomic E-state index is 11.9. The molecule has 0 radical (unpaired) electrons. The molecular weight excluding hydrogens is 258 g/mol. The molecule has 0 unspecified atom stereocenters. The quantitative estimate of drug-likeness (QED) is 0.288. The first kappa shape index (κ1) is 17.3. The number of hydrogen-bond donors (Lipinski definition) is 0. The van der Waals surface area contributed by atoms with Gasteiger partial charge < -0.3 is 4.90 Å². The molecular formula is C19H27NO. The smallest absolute Gasteiger partial charge is 0.162 e. The van der Waals surface area contributed by atoms with Crippen molar-refractivity contribution in [2.24, 2.45) is 0 Å². The number of ketones is 1. The molecule has 0 aromatic heterocycles. The summed E-state index contributed by atoms with van der Waals surface area (Å²) in [7, 11) is 3.92. The van der Waals surface area contributed by atoms with Crippen LogP contribution in [-0.2, 0) is 0 Å². The van der Waals surface area contributed by atoms with Gasteiger partial charge in [-0.05, 0) is 12.8 Å². The summed E-state index contributed by atoms with van der Waals surface area (Å²) in [5.41, 5.74) is 0.844. The van der Waals surface area contributed by atoms with Crippen molar-refractivity contribution in [1.82, 2.24) is 4.90 Å². The van der Waals surface area contributed by atoms with Crippen LogP contribution in [0.25, 0.3) is 0 Å². The molecule has 0 N–H and O–H groups in total. The van der Waals surface area contributed by atoms with Gasteiger partial charge in [-0.1, -0.05) is 61.9 Å². The lowest BCUT2D eigenvalue weighted by atomic mass is 10.0. The Morgan fingerprint density at radius 2 is 1.57 bits per heavy atom. The summed E-state index contributed by atoms with van der Waals surface area (Å²) in [6.45, 7) is 0. The molecule has 1 aromatic rings. The van der Waals surface area contributed by atoms with Gasteiger partial charge in [0.15, 0.2) is 5.78 Å². The van der Waals surface area contributed by atoms with Gasteiger partial charge in [-0.3, -0.25) is 4.79 Å². The summed E-state index contributed by atoms with van der Waals surface area (Å²) in [5, 5.41) is 0. The molecule has 0 amide bonds. The highest BCUT2D eigenvalue weighted by molar-refractivity contribution is 5.95.